The lowest BCUT2D eigenvalue weighted by Gasteiger charge is -2.23. The largest absolute Gasteiger partial charge is 0.502 e. The van der Waals surface area contributed by atoms with Crippen LogP contribution in [0, 0.1) is 11.9 Å². The molecule has 2 aromatic heterocycles. The normalized spacial score (nSPS) is 15.9. The maximum absolute atomic E-state index is 14.9. The number of halogens is 2. The van der Waals surface area contributed by atoms with Crippen molar-refractivity contribution >= 4 is 17.7 Å². The number of aromatic nitrogens is 2. The SMILES string of the molecule is COc1cc(/C=C2\c3cc(F)nc(F)c3C(CC(=O)NCc3cccn3C)N2C)cc(OC)c1O. The van der Waals surface area contributed by atoms with Gasteiger partial charge in [0.1, 0.15) is 0 Å². The number of nitrogens with one attached hydrogen (secondary N) is 1. The molecule has 0 bridgehead atoms. The zero-order valence-electron chi connectivity index (χ0n) is 19.8. The van der Waals surface area contributed by atoms with Gasteiger partial charge < -0.3 is 29.4 Å². The first kappa shape index (κ1) is 24.1. The number of aromatic hydroxyl groups is 1. The van der Waals surface area contributed by atoms with Crippen LogP contribution in [0.15, 0.2) is 36.5 Å². The molecule has 8 nitrogen and oxygen atoms in total. The maximum atomic E-state index is 14.9. The fourth-order valence-corrected chi connectivity index (χ4v) is 4.27. The van der Waals surface area contributed by atoms with E-state index < -0.39 is 17.9 Å². The van der Waals surface area contributed by atoms with Crippen molar-refractivity contribution in [1.29, 1.82) is 0 Å². The Hall–Kier alpha value is -4.08. The Kier molecular flexibility index (Phi) is 6.63. The molecule has 4 rings (SSSR count). The lowest BCUT2D eigenvalue weighted by atomic mass is 10.0. The predicted octanol–water partition coefficient (Wildman–Crippen LogP) is 3.61. The molecule has 1 unspecified atom stereocenters. The van der Waals surface area contributed by atoms with Crippen LogP contribution >= 0.6 is 0 Å². The van der Waals surface area contributed by atoms with Crippen LogP contribution in [0.2, 0.25) is 0 Å². The van der Waals surface area contributed by atoms with Crippen LogP contribution in [0.3, 0.4) is 0 Å². The number of rotatable bonds is 7. The Balaban J connectivity index is 1.68. The summed E-state index contributed by atoms with van der Waals surface area (Å²) >= 11 is 0. The number of fused-ring (bicyclic) bond motifs is 1. The van der Waals surface area contributed by atoms with Gasteiger partial charge in [0, 0.05) is 48.9 Å². The van der Waals surface area contributed by atoms with E-state index in [-0.39, 0.29) is 35.1 Å². The topological polar surface area (TPSA) is 88.9 Å². The molecule has 3 aromatic rings. The van der Waals surface area contributed by atoms with E-state index in [0.717, 1.165) is 11.8 Å². The summed E-state index contributed by atoms with van der Waals surface area (Å²) in [4.78, 5) is 17.8. The Bertz CT molecular complexity index is 1280. The molecule has 1 aliphatic heterocycles. The average Bonchev–Trinajstić information content (AvgIpc) is 3.34. The van der Waals surface area contributed by atoms with Gasteiger partial charge in [-0.05, 0) is 35.9 Å². The molecule has 0 aliphatic carbocycles. The van der Waals surface area contributed by atoms with E-state index in [0.29, 0.717) is 23.4 Å². The Labute approximate surface area is 201 Å². The molecule has 3 heterocycles. The van der Waals surface area contributed by atoms with Gasteiger partial charge in [-0.25, -0.2) is 0 Å². The molecular formula is C25H26F2N4O4. The van der Waals surface area contributed by atoms with Crippen molar-refractivity contribution in [3.63, 3.8) is 0 Å². The summed E-state index contributed by atoms with van der Waals surface area (Å²) in [6, 6.07) is 7.38. The third-order valence-corrected chi connectivity index (χ3v) is 6.14. The van der Waals surface area contributed by atoms with E-state index in [1.54, 1.807) is 30.2 Å². The van der Waals surface area contributed by atoms with Crippen molar-refractivity contribution in [2.45, 2.75) is 19.0 Å². The molecule has 0 saturated carbocycles. The van der Waals surface area contributed by atoms with Gasteiger partial charge in [0.25, 0.3) is 0 Å². The van der Waals surface area contributed by atoms with Crippen LogP contribution in [0.4, 0.5) is 8.78 Å². The molecule has 0 radical (unpaired) electrons. The molecule has 2 N–H and O–H groups in total. The first-order chi connectivity index (χ1) is 16.7. The summed E-state index contributed by atoms with van der Waals surface area (Å²) in [5, 5.41) is 13.1. The highest BCUT2D eigenvalue weighted by Gasteiger charge is 2.37. The molecule has 0 fully saturated rings. The standard InChI is InChI=1S/C25H26F2N4O4/c1-30-7-5-6-15(30)13-28-22(32)12-18-23-16(11-21(26)29-25(23)27)17(31(18)2)8-14-9-19(34-3)24(33)20(10-14)35-4/h5-11,18,33H,12-13H2,1-4H3,(H,28,32)/b17-8+. The molecule has 35 heavy (non-hydrogen) atoms. The van der Waals surface area contributed by atoms with Gasteiger partial charge in [-0.1, -0.05) is 0 Å². The maximum Gasteiger partial charge on any atom is 0.222 e. The summed E-state index contributed by atoms with van der Waals surface area (Å²) < 4.78 is 41.3. The van der Waals surface area contributed by atoms with E-state index >= 15 is 0 Å². The first-order valence-corrected chi connectivity index (χ1v) is 10.9. The minimum Gasteiger partial charge on any atom is -0.502 e. The Morgan fingerprint density at radius 1 is 1.20 bits per heavy atom. The average molecular weight is 485 g/mol. The van der Waals surface area contributed by atoms with Crippen LogP contribution in [0.1, 0.15) is 34.8 Å². The number of benzene rings is 1. The summed E-state index contributed by atoms with van der Waals surface area (Å²) in [7, 11) is 6.39. The number of hydrogen-bond acceptors (Lipinski definition) is 6. The minimum absolute atomic E-state index is 0.0578. The number of phenolic OH excluding ortho intramolecular Hbond substituents is 1. The molecule has 1 amide bonds. The van der Waals surface area contributed by atoms with Gasteiger partial charge in [0.15, 0.2) is 11.5 Å². The second-order valence-electron chi connectivity index (χ2n) is 8.22. The number of pyridine rings is 1. The summed E-state index contributed by atoms with van der Waals surface area (Å²) in [6.07, 6.45) is 3.50. The fraction of sp³-hybridized carbons (Fsp3) is 0.280. The third-order valence-electron chi connectivity index (χ3n) is 6.14. The van der Waals surface area contributed by atoms with E-state index in [9.17, 15) is 18.7 Å². The van der Waals surface area contributed by atoms with Crippen LogP contribution < -0.4 is 14.8 Å². The van der Waals surface area contributed by atoms with Gasteiger partial charge in [0.2, 0.25) is 23.6 Å². The van der Waals surface area contributed by atoms with Crippen molar-refractivity contribution in [2.75, 3.05) is 21.3 Å². The Morgan fingerprint density at radius 3 is 2.49 bits per heavy atom. The van der Waals surface area contributed by atoms with Crippen molar-refractivity contribution in [2.24, 2.45) is 7.05 Å². The van der Waals surface area contributed by atoms with E-state index in [1.807, 2.05) is 29.9 Å². The van der Waals surface area contributed by atoms with Crippen molar-refractivity contribution < 1.29 is 28.2 Å². The number of hydrogen-bond donors (Lipinski definition) is 2. The van der Waals surface area contributed by atoms with Crippen LogP contribution in [0.25, 0.3) is 11.8 Å². The third kappa shape index (κ3) is 4.64. The molecule has 1 aromatic carbocycles. The number of amides is 1. The monoisotopic (exact) mass is 484 g/mol. The number of methoxy groups -OCH3 is 2. The van der Waals surface area contributed by atoms with Crippen molar-refractivity contribution in [3.8, 4) is 17.2 Å². The highest BCUT2D eigenvalue weighted by atomic mass is 19.1. The first-order valence-electron chi connectivity index (χ1n) is 10.9. The summed E-state index contributed by atoms with van der Waals surface area (Å²) in [5.74, 6) is -2.01. The van der Waals surface area contributed by atoms with Gasteiger partial charge in [0.05, 0.1) is 33.2 Å². The second kappa shape index (κ2) is 9.65. The van der Waals surface area contributed by atoms with Crippen LogP contribution in [-0.2, 0) is 18.4 Å². The van der Waals surface area contributed by atoms with Crippen LogP contribution in [0.5, 0.6) is 17.2 Å². The highest BCUT2D eigenvalue weighted by Crippen LogP contribution is 2.45. The number of aryl methyl sites for hydroxylation is 1. The number of carbonyl (C=O) groups excluding carboxylic acids is 1. The zero-order valence-corrected chi connectivity index (χ0v) is 19.8. The smallest absolute Gasteiger partial charge is 0.222 e. The zero-order chi connectivity index (χ0) is 25.3. The van der Waals surface area contributed by atoms with E-state index in [2.05, 4.69) is 10.3 Å². The van der Waals surface area contributed by atoms with E-state index in [4.69, 9.17) is 9.47 Å². The minimum atomic E-state index is -0.963. The van der Waals surface area contributed by atoms with Gasteiger partial charge >= 0.3 is 0 Å². The summed E-state index contributed by atoms with van der Waals surface area (Å²) in [6.45, 7) is 0.325. The Morgan fingerprint density at radius 2 is 1.89 bits per heavy atom. The van der Waals surface area contributed by atoms with Gasteiger partial charge in [-0.15, -0.1) is 0 Å². The summed E-state index contributed by atoms with van der Waals surface area (Å²) in [5.41, 5.74) is 2.41. The van der Waals surface area contributed by atoms with Crippen molar-refractivity contribution in [1.82, 2.24) is 19.8 Å². The molecule has 0 saturated heterocycles. The van der Waals surface area contributed by atoms with Crippen molar-refractivity contribution in [3.05, 3.63) is 70.8 Å². The second-order valence-corrected chi connectivity index (χ2v) is 8.22. The van der Waals surface area contributed by atoms with Gasteiger partial charge in [-0.2, -0.15) is 13.8 Å². The lowest BCUT2D eigenvalue weighted by Crippen LogP contribution is -2.29. The van der Waals surface area contributed by atoms with Crippen LogP contribution in [-0.4, -0.2) is 46.7 Å². The fourth-order valence-electron chi connectivity index (χ4n) is 4.27. The molecule has 10 heteroatoms. The lowest BCUT2D eigenvalue weighted by molar-refractivity contribution is -0.122. The number of phenols is 1. The molecule has 184 valence electrons. The van der Waals surface area contributed by atoms with E-state index in [1.165, 1.54) is 14.2 Å². The number of nitrogens with zero attached hydrogens (tertiary/aromatic N) is 3. The number of ether oxygens (including phenoxy) is 2. The number of carbonyl (C=O) groups is 1. The predicted molar refractivity (Wildman–Crippen MR) is 126 cm³/mol. The molecule has 1 atom stereocenters. The van der Waals surface area contributed by atoms with Gasteiger partial charge in [-0.3, -0.25) is 4.79 Å². The molecule has 1 aliphatic rings. The molecule has 0 spiro atoms. The molecular weight excluding hydrogens is 458 g/mol. The quantitative estimate of drug-likeness (QED) is 0.498. The highest BCUT2D eigenvalue weighted by molar-refractivity contribution is 5.87.